The Kier molecular flexibility index (Phi) is 11.0. The van der Waals surface area contributed by atoms with Crippen LogP contribution in [0.25, 0.3) is 22.5 Å². The number of carbonyl (C=O) groups excluding carboxylic acids is 2. The van der Waals surface area contributed by atoms with Gasteiger partial charge < -0.3 is 20.9 Å². The van der Waals surface area contributed by atoms with Gasteiger partial charge in [0.05, 0.1) is 6.61 Å². The molecule has 0 saturated carbocycles. The molecule has 0 radical (unpaired) electrons. The maximum atomic E-state index is 12.6. The highest BCUT2D eigenvalue weighted by molar-refractivity contribution is 5.98. The molecule has 3 aromatic carbocycles. The Hall–Kier alpha value is -5.05. The van der Waals surface area contributed by atoms with E-state index in [1.165, 1.54) is 49.9 Å². The molecule has 0 aliphatic heterocycles. The normalized spacial score (nSPS) is 11.5. The van der Waals surface area contributed by atoms with Crippen molar-refractivity contribution >= 4 is 17.8 Å². The van der Waals surface area contributed by atoms with Crippen LogP contribution in [0.1, 0.15) is 65.3 Å². The number of unbranched alkanes of at least 4 members (excludes halogenated alkanes) is 4. The summed E-state index contributed by atoms with van der Waals surface area (Å²) in [6.07, 6.45) is 9.63. The van der Waals surface area contributed by atoms with E-state index >= 15 is 0 Å². The Morgan fingerprint density at radius 1 is 0.791 bits per heavy atom. The van der Waals surface area contributed by atoms with Gasteiger partial charge in [-0.1, -0.05) is 69.0 Å². The van der Waals surface area contributed by atoms with Crippen LogP contribution in [0.5, 0.6) is 5.75 Å². The molecule has 0 unspecified atom stereocenters. The maximum absolute atomic E-state index is 12.6. The summed E-state index contributed by atoms with van der Waals surface area (Å²) in [5.41, 5.74) is 9.09. The Balaban J connectivity index is 1.32. The van der Waals surface area contributed by atoms with Crippen molar-refractivity contribution in [2.75, 3.05) is 6.61 Å². The number of aliphatic carboxylic acids is 1. The van der Waals surface area contributed by atoms with E-state index in [0.29, 0.717) is 5.82 Å². The van der Waals surface area contributed by atoms with Gasteiger partial charge in [-0.05, 0) is 53.9 Å². The van der Waals surface area contributed by atoms with Crippen molar-refractivity contribution in [3.63, 3.8) is 0 Å². The zero-order valence-corrected chi connectivity index (χ0v) is 24.2. The third kappa shape index (κ3) is 8.97. The molecule has 1 heterocycles. The predicted molar refractivity (Wildman–Crippen MR) is 165 cm³/mol. The minimum Gasteiger partial charge on any atom is -0.494 e. The first kappa shape index (κ1) is 30.9. The number of hydrogen-bond acceptors (Lipinski definition) is 6. The van der Waals surface area contributed by atoms with Crippen LogP contribution in [0.4, 0.5) is 0 Å². The van der Waals surface area contributed by atoms with Gasteiger partial charge in [-0.3, -0.25) is 9.59 Å². The summed E-state index contributed by atoms with van der Waals surface area (Å²) in [6.45, 7) is 2.93. The molecule has 4 aromatic rings. The van der Waals surface area contributed by atoms with Gasteiger partial charge in [-0.25, -0.2) is 14.8 Å². The van der Waals surface area contributed by atoms with Gasteiger partial charge >= 0.3 is 5.97 Å². The Morgan fingerprint density at radius 2 is 1.40 bits per heavy atom. The molecule has 0 spiro atoms. The number of carboxylic acids is 1. The number of nitrogens with two attached hydrogens (primary N) is 1. The Morgan fingerprint density at radius 3 is 2.00 bits per heavy atom. The van der Waals surface area contributed by atoms with Crippen LogP contribution in [-0.2, 0) is 11.2 Å². The van der Waals surface area contributed by atoms with E-state index < -0.39 is 23.8 Å². The first-order valence-corrected chi connectivity index (χ1v) is 14.4. The van der Waals surface area contributed by atoms with Gasteiger partial charge in [0.25, 0.3) is 5.91 Å². The van der Waals surface area contributed by atoms with Crippen molar-refractivity contribution in [1.29, 1.82) is 0 Å². The van der Waals surface area contributed by atoms with Gasteiger partial charge in [0.1, 0.15) is 11.8 Å². The number of nitrogens with zero attached hydrogens (tertiary/aromatic N) is 2. The molecule has 4 rings (SSSR count). The van der Waals surface area contributed by atoms with Crippen molar-refractivity contribution in [2.45, 2.75) is 51.5 Å². The van der Waals surface area contributed by atoms with Gasteiger partial charge in [-0.2, -0.15) is 0 Å². The van der Waals surface area contributed by atoms with Crippen LogP contribution >= 0.6 is 0 Å². The fourth-order valence-electron chi connectivity index (χ4n) is 4.52. The third-order valence-electron chi connectivity index (χ3n) is 7.04. The number of hydrogen-bond donors (Lipinski definition) is 3. The minimum atomic E-state index is -1.16. The van der Waals surface area contributed by atoms with Crippen molar-refractivity contribution in [3.05, 3.63) is 102 Å². The number of benzene rings is 3. The molecule has 0 fully saturated rings. The van der Waals surface area contributed by atoms with Crippen molar-refractivity contribution in [1.82, 2.24) is 15.3 Å². The SMILES string of the molecule is CCCCCCCOc1ccc(-c2cnc(-c3ccc(C[C@H](NC(=O)c4ccc(C(N)=O)cc4)C(=O)O)cc3)nc2)cc1. The van der Waals surface area contributed by atoms with Crippen LogP contribution in [0, 0.1) is 0 Å². The number of ether oxygens (including phenoxy) is 1. The highest BCUT2D eigenvalue weighted by atomic mass is 16.5. The molecule has 0 bridgehead atoms. The molecule has 4 N–H and O–H groups in total. The maximum Gasteiger partial charge on any atom is 0.326 e. The molecule has 9 heteroatoms. The zero-order chi connectivity index (χ0) is 30.6. The number of nitrogens with one attached hydrogen (secondary N) is 1. The fraction of sp³-hybridized carbons (Fsp3) is 0.265. The van der Waals surface area contributed by atoms with E-state index in [-0.39, 0.29) is 17.5 Å². The summed E-state index contributed by atoms with van der Waals surface area (Å²) in [7, 11) is 0. The largest absolute Gasteiger partial charge is 0.494 e. The van der Waals surface area contributed by atoms with Gasteiger partial charge in [0, 0.05) is 41.1 Å². The lowest BCUT2D eigenvalue weighted by Gasteiger charge is -2.15. The second-order valence-electron chi connectivity index (χ2n) is 10.3. The molecular weight excluding hydrogens is 544 g/mol. The van der Waals surface area contributed by atoms with E-state index in [9.17, 15) is 19.5 Å². The van der Waals surface area contributed by atoms with Crippen LogP contribution in [0.3, 0.4) is 0 Å². The molecule has 0 aliphatic rings. The molecule has 2 amide bonds. The van der Waals surface area contributed by atoms with E-state index in [2.05, 4.69) is 22.2 Å². The smallest absolute Gasteiger partial charge is 0.326 e. The first-order valence-electron chi connectivity index (χ1n) is 14.4. The summed E-state index contributed by atoms with van der Waals surface area (Å²) in [5.74, 6) is -0.943. The Bertz CT molecular complexity index is 1500. The zero-order valence-electron chi connectivity index (χ0n) is 24.2. The lowest BCUT2D eigenvalue weighted by Crippen LogP contribution is -2.42. The number of carboxylic acid groups (broad SMARTS) is 1. The lowest BCUT2D eigenvalue weighted by molar-refractivity contribution is -0.139. The molecule has 1 aromatic heterocycles. The summed E-state index contributed by atoms with van der Waals surface area (Å²) >= 11 is 0. The average molecular weight is 581 g/mol. The third-order valence-corrected chi connectivity index (χ3v) is 7.04. The molecule has 43 heavy (non-hydrogen) atoms. The second-order valence-corrected chi connectivity index (χ2v) is 10.3. The van der Waals surface area contributed by atoms with Crippen LogP contribution < -0.4 is 15.8 Å². The molecular formula is C34H36N4O5. The van der Waals surface area contributed by atoms with Gasteiger partial charge in [0.15, 0.2) is 5.82 Å². The van der Waals surface area contributed by atoms with E-state index in [1.54, 1.807) is 24.5 Å². The van der Waals surface area contributed by atoms with E-state index in [0.717, 1.165) is 41.0 Å². The fourth-order valence-corrected chi connectivity index (χ4v) is 4.52. The molecule has 0 saturated heterocycles. The lowest BCUT2D eigenvalue weighted by atomic mass is 10.0. The number of aromatic nitrogens is 2. The molecule has 222 valence electrons. The van der Waals surface area contributed by atoms with Gasteiger partial charge in [0.2, 0.25) is 5.91 Å². The standard InChI is InChI=1S/C34H36N4O5/c1-2-3-4-5-6-19-43-29-17-15-24(16-18-29)28-21-36-32(37-22-28)26-9-7-23(8-10-26)20-30(34(41)42)38-33(40)27-13-11-25(12-14-27)31(35)39/h7-18,21-22,30H,2-6,19-20H2,1H3,(H2,35,39)(H,38,40)(H,41,42)/t30-/m0/s1. The van der Waals surface area contributed by atoms with E-state index in [1.807, 2.05) is 36.4 Å². The summed E-state index contributed by atoms with van der Waals surface area (Å²) in [6, 6.07) is 19.7. The number of rotatable bonds is 15. The van der Waals surface area contributed by atoms with Crippen LogP contribution in [0.2, 0.25) is 0 Å². The predicted octanol–water partition coefficient (Wildman–Crippen LogP) is 5.68. The number of primary amides is 1. The van der Waals surface area contributed by atoms with Gasteiger partial charge in [-0.15, -0.1) is 0 Å². The molecule has 0 aliphatic carbocycles. The topological polar surface area (TPSA) is 144 Å². The molecule has 1 atom stereocenters. The molecule has 9 nitrogen and oxygen atoms in total. The quantitative estimate of drug-likeness (QED) is 0.153. The summed E-state index contributed by atoms with van der Waals surface area (Å²) < 4.78 is 5.85. The minimum absolute atomic E-state index is 0.0824. The van der Waals surface area contributed by atoms with Crippen LogP contribution in [0.15, 0.2) is 85.2 Å². The number of carbonyl (C=O) groups is 3. The van der Waals surface area contributed by atoms with Crippen LogP contribution in [-0.4, -0.2) is 45.5 Å². The van der Waals surface area contributed by atoms with Crippen molar-refractivity contribution in [3.8, 4) is 28.3 Å². The van der Waals surface area contributed by atoms with Crippen molar-refractivity contribution < 1.29 is 24.2 Å². The first-order chi connectivity index (χ1) is 20.8. The average Bonchev–Trinajstić information content (AvgIpc) is 3.03. The highest BCUT2D eigenvalue weighted by Gasteiger charge is 2.21. The summed E-state index contributed by atoms with van der Waals surface area (Å²) in [4.78, 5) is 44.7. The highest BCUT2D eigenvalue weighted by Crippen LogP contribution is 2.24. The Labute approximate surface area is 251 Å². The van der Waals surface area contributed by atoms with E-state index in [4.69, 9.17) is 10.5 Å². The van der Waals surface area contributed by atoms with Crippen molar-refractivity contribution in [2.24, 2.45) is 5.73 Å². The second kappa shape index (κ2) is 15.3. The monoisotopic (exact) mass is 580 g/mol. The number of amides is 2. The summed E-state index contributed by atoms with van der Waals surface area (Å²) in [5, 5.41) is 12.2.